The van der Waals surface area contributed by atoms with Gasteiger partial charge in [0.25, 0.3) is 0 Å². The van der Waals surface area contributed by atoms with Crippen molar-refractivity contribution < 1.29 is 76.1 Å². The SMILES string of the molecule is CCC(C)(C)C(=O)OCOC1C2CC3CC(C2)C(=O)C1C3.CCC(C)(C)C(=O)OCOC1CCCC1.CCC(C)(C)C(=O)OCOC1CCCCC1.CCC(C)(C)C(=O)OCOC1CCCCCC1.CCC(C)(C)C(=O)OCOCC12CC3CC(CC(C3)C1)C2. The van der Waals surface area contributed by atoms with E-state index < -0.39 is 21.7 Å². The zero-order valence-electron chi connectivity index (χ0n) is 59.3. The molecule has 16 nitrogen and oxygen atoms in total. The number of ketones is 1. The number of rotatable bonds is 26. The fourth-order valence-corrected chi connectivity index (χ4v) is 14.8. The summed E-state index contributed by atoms with van der Waals surface area (Å²) in [5.41, 5.74) is -1.64. The summed E-state index contributed by atoms with van der Waals surface area (Å²) in [5, 5.41) is 0. The van der Waals surface area contributed by atoms with E-state index in [9.17, 15) is 28.8 Å². The predicted octanol–water partition coefficient (Wildman–Crippen LogP) is 16.9. The molecular formula is C74H128O16. The maximum Gasteiger partial charge on any atom is 0.313 e. The van der Waals surface area contributed by atoms with E-state index in [0.717, 1.165) is 120 Å². The van der Waals surface area contributed by atoms with Gasteiger partial charge in [0.05, 0.1) is 58.1 Å². The summed E-state index contributed by atoms with van der Waals surface area (Å²) in [6, 6.07) is 0. The summed E-state index contributed by atoms with van der Waals surface area (Å²) in [7, 11) is 0. The maximum atomic E-state index is 12.3. The van der Waals surface area contributed by atoms with Crippen LogP contribution in [0.3, 0.4) is 0 Å². The molecule has 11 aliphatic rings. The summed E-state index contributed by atoms with van der Waals surface area (Å²) in [6.45, 7) is 30.2. The maximum absolute atomic E-state index is 12.3. The number of carbonyl (C=O) groups excluding carboxylic acids is 6. The molecule has 0 radical (unpaired) electrons. The van der Waals surface area contributed by atoms with Crippen LogP contribution >= 0.6 is 0 Å². The lowest BCUT2D eigenvalue weighted by atomic mass is 9.50. The van der Waals surface area contributed by atoms with E-state index in [1.807, 2.05) is 104 Å². The number of Topliss-reactive ketones (excluding diaryl/α,β-unsaturated/α-hetero) is 1. The predicted molar refractivity (Wildman–Crippen MR) is 348 cm³/mol. The van der Waals surface area contributed by atoms with Crippen molar-refractivity contribution in [2.45, 2.75) is 321 Å². The lowest BCUT2D eigenvalue weighted by Crippen LogP contribution is -2.55. The van der Waals surface area contributed by atoms with Gasteiger partial charge >= 0.3 is 29.8 Å². The normalized spacial score (nSPS) is 27.5. The second-order valence-corrected chi connectivity index (χ2v) is 31.9. The Morgan fingerprint density at radius 1 is 0.378 bits per heavy atom. The van der Waals surface area contributed by atoms with Gasteiger partial charge in [0.1, 0.15) is 5.78 Å². The highest BCUT2D eigenvalue weighted by molar-refractivity contribution is 5.86. The van der Waals surface area contributed by atoms with Crippen LogP contribution in [-0.4, -0.2) is 101 Å². The van der Waals surface area contributed by atoms with Crippen LogP contribution in [0.1, 0.15) is 296 Å². The van der Waals surface area contributed by atoms with Gasteiger partial charge in [-0.1, -0.05) is 92.4 Å². The molecule has 16 heteroatoms. The molecule has 0 aromatic heterocycles. The summed E-state index contributed by atoms with van der Waals surface area (Å²) < 4.78 is 54.3. The van der Waals surface area contributed by atoms with Crippen molar-refractivity contribution in [2.24, 2.45) is 73.9 Å². The topological polar surface area (TPSA) is 195 Å². The van der Waals surface area contributed by atoms with Gasteiger partial charge in [-0.25, -0.2) is 0 Å². The van der Waals surface area contributed by atoms with E-state index in [-0.39, 0.29) is 93.3 Å². The van der Waals surface area contributed by atoms with Crippen molar-refractivity contribution in [1.82, 2.24) is 0 Å². The summed E-state index contributed by atoms with van der Waals surface area (Å²) in [4.78, 5) is 71.1. The lowest BCUT2D eigenvalue weighted by Gasteiger charge is -2.56. The second-order valence-electron chi connectivity index (χ2n) is 31.9. The molecule has 11 saturated carbocycles. The largest absolute Gasteiger partial charge is 0.438 e. The number of esters is 5. The quantitative estimate of drug-likeness (QED) is 0.0261. The third kappa shape index (κ3) is 24.2. The summed E-state index contributed by atoms with van der Waals surface area (Å²) in [6.07, 6.45) is 35.4. The van der Waals surface area contributed by atoms with Crippen molar-refractivity contribution in [3.8, 4) is 0 Å². The lowest BCUT2D eigenvalue weighted by molar-refractivity contribution is -0.193. The average Bonchev–Trinajstić information content (AvgIpc) is 0.792. The zero-order chi connectivity index (χ0) is 66.3. The van der Waals surface area contributed by atoms with Crippen molar-refractivity contribution in [2.75, 3.05) is 40.6 Å². The Bertz CT molecular complexity index is 2140. The first kappa shape index (κ1) is 77.5. The molecule has 0 N–H and O–H groups in total. The van der Waals surface area contributed by atoms with Gasteiger partial charge < -0.3 is 47.4 Å². The van der Waals surface area contributed by atoms with Gasteiger partial charge in [0.15, 0.2) is 34.0 Å². The monoisotopic (exact) mass is 1270 g/mol. The van der Waals surface area contributed by atoms with Gasteiger partial charge in [0.2, 0.25) is 0 Å². The fraction of sp³-hybridized carbons (Fsp3) is 0.919. The van der Waals surface area contributed by atoms with E-state index in [2.05, 4.69) is 0 Å². The average molecular weight is 1270 g/mol. The van der Waals surface area contributed by atoms with Crippen LogP contribution in [-0.2, 0) is 76.1 Å². The molecule has 520 valence electrons. The van der Waals surface area contributed by atoms with Crippen LogP contribution in [0, 0.1) is 73.9 Å². The Kier molecular flexibility index (Phi) is 31.6. The highest BCUT2D eigenvalue weighted by atomic mass is 16.7. The Morgan fingerprint density at radius 3 is 1.03 bits per heavy atom. The minimum absolute atomic E-state index is 0.0114. The molecule has 0 amide bonds. The molecular weight excluding hydrogens is 1140 g/mol. The van der Waals surface area contributed by atoms with Crippen molar-refractivity contribution in [1.29, 1.82) is 0 Å². The smallest absolute Gasteiger partial charge is 0.313 e. The highest BCUT2D eigenvalue weighted by Crippen LogP contribution is 2.60. The molecule has 8 bridgehead atoms. The van der Waals surface area contributed by atoms with Gasteiger partial charge in [-0.2, -0.15) is 0 Å². The van der Waals surface area contributed by atoms with Crippen LogP contribution in [0.25, 0.3) is 0 Å². The summed E-state index contributed by atoms with van der Waals surface area (Å²) in [5.74, 6) is 3.93. The van der Waals surface area contributed by atoms with E-state index in [1.54, 1.807) is 0 Å². The van der Waals surface area contributed by atoms with Crippen LogP contribution in [0.4, 0.5) is 0 Å². The number of ether oxygens (including phenoxy) is 10. The fourth-order valence-electron chi connectivity index (χ4n) is 14.8. The van der Waals surface area contributed by atoms with E-state index >= 15 is 0 Å². The molecule has 11 aliphatic carbocycles. The van der Waals surface area contributed by atoms with Gasteiger partial charge in [-0.15, -0.1) is 0 Å². The first-order chi connectivity index (χ1) is 42.5. The third-order valence-electron chi connectivity index (χ3n) is 22.7. The van der Waals surface area contributed by atoms with Crippen molar-refractivity contribution >= 4 is 35.6 Å². The first-order valence-electron chi connectivity index (χ1n) is 36.0. The molecule has 0 aromatic carbocycles. The van der Waals surface area contributed by atoms with Gasteiger partial charge in [-0.05, 0) is 239 Å². The molecule has 5 unspecified atom stereocenters. The first-order valence-corrected chi connectivity index (χ1v) is 36.0. The van der Waals surface area contributed by atoms with E-state index in [1.165, 1.54) is 103 Å². The number of carbonyl (C=O) groups is 6. The van der Waals surface area contributed by atoms with Gasteiger partial charge in [0, 0.05) is 11.8 Å². The van der Waals surface area contributed by atoms with Gasteiger partial charge in [-0.3, -0.25) is 28.8 Å². The minimum Gasteiger partial charge on any atom is -0.438 e. The molecule has 0 aromatic rings. The molecule has 0 spiro atoms. The second kappa shape index (κ2) is 36.6. The van der Waals surface area contributed by atoms with Crippen molar-refractivity contribution in [3.63, 3.8) is 0 Å². The molecule has 11 rings (SSSR count). The van der Waals surface area contributed by atoms with Crippen LogP contribution in [0.2, 0.25) is 0 Å². The molecule has 0 aliphatic heterocycles. The number of hydrogen-bond donors (Lipinski definition) is 0. The Hall–Kier alpha value is -3.18. The Balaban J connectivity index is 0.000000206. The molecule has 0 heterocycles. The standard InChI is InChI=1S/C18H30O3.C17H26O4.C14H26O3.C13H24O3.C12H22O3/c1-4-17(2,3)16(19)21-12-20-11-18-8-13-5-14(9-18)7-15(6-13)10-18;1-4-17(2,3)16(19)21-9-20-15-12-6-10-5-11(8-12)14(18)13(15)7-10;1-4-14(2,3)13(15)17-11-16-12-9-7-5-6-8-10-12;1-4-13(2,3)12(14)16-10-15-11-8-6-5-7-9-11;1-4-12(2,3)11(13)15-9-14-10-7-5-6-8-10/h13-15H,4-12H2,1-3H3;10-13,15H,4-9H2,1-3H3;12H,4-11H2,1-3H3;11H,4-10H2,1-3H3;10H,4-9H2,1-3H3. The van der Waals surface area contributed by atoms with E-state index in [4.69, 9.17) is 47.4 Å². The van der Waals surface area contributed by atoms with Crippen LogP contribution in [0.5, 0.6) is 0 Å². The number of hydrogen-bond acceptors (Lipinski definition) is 16. The van der Waals surface area contributed by atoms with Crippen molar-refractivity contribution in [3.05, 3.63) is 0 Å². The molecule has 90 heavy (non-hydrogen) atoms. The summed E-state index contributed by atoms with van der Waals surface area (Å²) >= 11 is 0. The highest BCUT2D eigenvalue weighted by Gasteiger charge is 2.54. The molecule has 11 fully saturated rings. The minimum atomic E-state index is -0.469. The van der Waals surface area contributed by atoms with E-state index in [0.29, 0.717) is 29.3 Å². The zero-order valence-corrected chi connectivity index (χ0v) is 59.3. The third-order valence-corrected chi connectivity index (χ3v) is 22.7. The van der Waals surface area contributed by atoms with Crippen LogP contribution < -0.4 is 0 Å². The Morgan fingerprint density at radius 2 is 0.689 bits per heavy atom. The molecule has 5 atom stereocenters. The van der Waals surface area contributed by atoms with Crippen LogP contribution in [0.15, 0.2) is 0 Å². The Labute approximate surface area is 544 Å². The molecule has 0 saturated heterocycles.